The van der Waals surface area contributed by atoms with Crippen LogP contribution >= 0.6 is 0 Å². The number of hydrogen-bond acceptors (Lipinski definition) is 5. The minimum absolute atomic E-state index is 0.0643. The van der Waals surface area contributed by atoms with E-state index in [1.54, 1.807) is 0 Å². The molecule has 138 valence electrons. The average molecular weight is 355 g/mol. The standard InChI is InChI=1S/C21H25NO4/c23-11-14-4-3-13-9-16-21(25)6-5-15(24)19-20(21,17(13)18(14)26-19)7-8-22(16)10-12-1-2-12/h3-4,12,16,19,23,25H,1-2,5-11H2/t16-,19+,20+,21-/m1/s1. The van der Waals surface area contributed by atoms with E-state index in [1.165, 1.54) is 18.4 Å². The summed E-state index contributed by atoms with van der Waals surface area (Å²) in [5.74, 6) is 1.57. The van der Waals surface area contributed by atoms with E-state index < -0.39 is 17.1 Å². The summed E-state index contributed by atoms with van der Waals surface area (Å²) in [6, 6.07) is 4.08. The predicted octanol–water partition coefficient (Wildman–Crippen LogP) is 1.31. The first kappa shape index (κ1) is 15.6. The third kappa shape index (κ3) is 1.66. The van der Waals surface area contributed by atoms with Crippen LogP contribution in [-0.4, -0.2) is 51.7 Å². The minimum atomic E-state index is -0.912. The Morgan fingerprint density at radius 3 is 2.88 bits per heavy atom. The number of benzene rings is 1. The number of ether oxygens (including phenoxy) is 1. The Balaban J connectivity index is 1.57. The molecule has 5 nitrogen and oxygen atoms in total. The predicted molar refractivity (Wildman–Crippen MR) is 94.1 cm³/mol. The van der Waals surface area contributed by atoms with Gasteiger partial charge in [-0.3, -0.25) is 9.69 Å². The maximum absolute atomic E-state index is 12.8. The van der Waals surface area contributed by atoms with Crippen molar-refractivity contribution in [2.45, 2.75) is 68.3 Å². The Bertz CT molecular complexity index is 818. The van der Waals surface area contributed by atoms with Crippen LogP contribution in [0.2, 0.25) is 0 Å². The fourth-order valence-corrected chi connectivity index (χ4v) is 6.46. The normalized spacial score (nSPS) is 40.3. The van der Waals surface area contributed by atoms with Gasteiger partial charge in [0.1, 0.15) is 5.75 Å². The number of aliphatic hydroxyl groups is 2. The van der Waals surface area contributed by atoms with Crippen molar-refractivity contribution in [1.82, 2.24) is 4.90 Å². The van der Waals surface area contributed by atoms with Crippen LogP contribution in [-0.2, 0) is 23.2 Å². The molecule has 1 spiro atoms. The van der Waals surface area contributed by atoms with Crippen molar-refractivity contribution in [3.63, 3.8) is 0 Å². The molecule has 2 saturated carbocycles. The fraction of sp³-hybridized carbons (Fsp3) is 0.667. The van der Waals surface area contributed by atoms with Gasteiger partial charge in [0.2, 0.25) is 0 Å². The van der Waals surface area contributed by atoms with E-state index in [0.717, 1.165) is 43.0 Å². The van der Waals surface area contributed by atoms with Crippen molar-refractivity contribution < 1.29 is 19.7 Å². The molecule has 3 fully saturated rings. The molecule has 1 saturated heterocycles. The number of carbonyl (C=O) groups excluding carboxylic acids is 1. The van der Waals surface area contributed by atoms with E-state index in [2.05, 4.69) is 11.0 Å². The van der Waals surface area contributed by atoms with Gasteiger partial charge in [-0.15, -0.1) is 0 Å². The molecule has 1 aromatic rings. The summed E-state index contributed by atoms with van der Waals surface area (Å²) >= 11 is 0. The van der Waals surface area contributed by atoms with Gasteiger partial charge < -0.3 is 14.9 Å². The highest BCUT2D eigenvalue weighted by Gasteiger charge is 2.73. The molecule has 2 N–H and O–H groups in total. The van der Waals surface area contributed by atoms with Crippen LogP contribution in [0.3, 0.4) is 0 Å². The quantitative estimate of drug-likeness (QED) is 0.856. The van der Waals surface area contributed by atoms with Crippen LogP contribution in [0.25, 0.3) is 0 Å². The molecule has 5 aliphatic rings. The Morgan fingerprint density at radius 1 is 1.27 bits per heavy atom. The van der Waals surface area contributed by atoms with Gasteiger partial charge in [-0.25, -0.2) is 0 Å². The van der Waals surface area contributed by atoms with Gasteiger partial charge in [-0.2, -0.15) is 0 Å². The maximum Gasteiger partial charge on any atom is 0.174 e. The molecule has 2 bridgehead atoms. The molecule has 6 rings (SSSR count). The number of piperidine rings is 1. The molecular weight excluding hydrogens is 330 g/mol. The van der Waals surface area contributed by atoms with Crippen LogP contribution in [0.15, 0.2) is 12.1 Å². The van der Waals surface area contributed by atoms with Crippen molar-refractivity contribution in [1.29, 1.82) is 0 Å². The summed E-state index contributed by atoms with van der Waals surface area (Å²) in [7, 11) is 0. The number of ketones is 1. The summed E-state index contributed by atoms with van der Waals surface area (Å²) in [5.41, 5.74) is 1.43. The van der Waals surface area contributed by atoms with Gasteiger partial charge in [-0.1, -0.05) is 12.1 Å². The molecule has 0 aromatic heterocycles. The van der Waals surface area contributed by atoms with Crippen LogP contribution in [0.1, 0.15) is 48.8 Å². The molecule has 0 radical (unpaired) electrons. The van der Waals surface area contributed by atoms with Gasteiger partial charge in [0, 0.05) is 30.1 Å². The lowest BCUT2D eigenvalue weighted by molar-refractivity contribution is -0.188. The van der Waals surface area contributed by atoms with Crippen molar-refractivity contribution in [2.24, 2.45) is 5.92 Å². The average Bonchev–Trinajstić information content (AvgIpc) is 3.37. The summed E-state index contributed by atoms with van der Waals surface area (Å²) in [6.07, 6.45) is 4.50. The molecule has 4 atom stereocenters. The number of carbonyl (C=O) groups is 1. The monoisotopic (exact) mass is 355 g/mol. The first-order chi connectivity index (χ1) is 12.6. The topological polar surface area (TPSA) is 70.0 Å². The van der Waals surface area contributed by atoms with Crippen LogP contribution in [0, 0.1) is 5.92 Å². The SMILES string of the molecule is O=C1CC[C@@]2(O)[C@H]3Cc4ccc(CO)c5c4[C@@]2(CCN3CC2CC2)[C@H]1O5. The molecule has 2 aliphatic heterocycles. The molecule has 1 aromatic carbocycles. The number of Topliss-reactive ketones (excluding diaryl/α,β-unsaturated/α-hetero) is 1. The zero-order chi connectivity index (χ0) is 17.7. The summed E-state index contributed by atoms with van der Waals surface area (Å²) in [5, 5.41) is 21.8. The van der Waals surface area contributed by atoms with E-state index in [9.17, 15) is 15.0 Å². The third-order valence-electron chi connectivity index (χ3n) is 7.83. The third-order valence-corrected chi connectivity index (χ3v) is 7.83. The summed E-state index contributed by atoms with van der Waals surface area (Å²) in [4.78, 5) is 15.3. The number of rotatable bonds is 3. The maximum atomic E-state index is 12.8. The van der Waals surface area contributed by atoms with E-state index in [4.69, 9.17) is 4.74 Å². The van der Waals surface area contributed by atoms with E-state index in [0.29, 0.717) is 18.6 Å². The Labute approximate surface area is 152 Å². The fourth-order valence-electron chi connectivity index (χ4n) is 6.46. The van der Waals surface area contributed by atoms with Crippen molar-refractivity contribution in [3.05, 3.63) is 28.8 Å². The highest BCUT2D eigenvalue weighted by Crippen LogP contribution is 2.64. The van der Waals surface area contributed by atoms with Gasteiger partial charge in [0.15, 0.2) is 11.9 Å². The van der Waals surface area contributed by atoms with Gasteiger partial charge in [0.25, 0.3) is 0 Å². The second kappa shape index (κ2) is 4.89. The van der Waals surface area contributed by atoms with Crippen LogP contribution in [0.4, 0.5) is 0 Å². The van der Waals surface area contributed by atoms with Crippen molar-refractivity contribution in [3.8, 4) is 5.75 Å². The van der Waals surface area contributed by atoms with Gasteiger partial charge in [-0.05, 0) is 50.1 Å². The highest BCUT2D eigenvalue weighted by molar-refractivity contribution is 5.89. The second-order valence-corrected chi connectivity index (χ2v) is 9.01. The minimum Gasteiger partial charge on any atom is -0.481 e. The van der Waals surface area contributed by atoms with Crippen molar-refractivity contribution in [2.75, 3.05) is 13.1 Å². The smallest absolute Gasteiger partial charge is 0.174 e. The van der Waals surface area contributed by atoms with E-state index >= 15 is 0 Å². The number of likely N-dealkylation sites (tertiary alicyclic amines) is 1. The van der Waals surface area contributed by atoms with E-state index in [1.807, 2.05) is 6.07 Å². The lowest BCUT2D eigenvalue weighted by Crippen LogP contribution is -2.76. The van der Waals surface area contributed by atoms with Crippen LogP contribution in [0.5, 0.6) is 5.75 Å². The number of hydrogen-bond donors (Lipinski definition) is 2. The van der Waals surface area contributed by atoms with E-state index in [-0.39, 0.29) is 18.4 Å². The Kier molecular flexibility index (Phi) is 2.93. The molecule has 0 amide bonds. The van der Waals surface area contributed by atoms with Crippen LogP contribution < -0.4 is 4.74 Å². The first-order valence-corrected chi connectivity index (χ1v) is 10.0. The largest absolute Gasteiger partial charge is 0.481 e. The highest BCUT2D eigenvalue weighted by atomic mass is 16.5. The van der Waals surface area contributed by atoms with Gasteiger partial charge in [0.05, 0.1) is 17.6 Å². The molecule has 26 heavy (non-hydrogen) atoms. The molecule has 5 heteroatoms. The molecular formula is C21H25NO4. The lowest BCUT2D eigenvalue weighted by Gasteiger charge is -2.62. The Hall–Kier alpha value is -1.43. The number of aliphatic hydroxyl groups excluding tert-OH is 1. The van der Waals surface area contributed by atoms with Gasteiger partial charge >= 0.3 is 0 Å². The molecule has 2 heterocycles. The summed E-state index contributed by atoms with van der Waals surface area (Å²) < 4.78 is 6.22. The van der Waals surface area contributed by atoms with Crippen molar-refractivity contribution >= 4 is 5.78 Å². The lowest BCUT2D eigenvalue weighted by atomic mass is 9.49. The number of nitrogens with zero attached hydrogens (tertiary/aromatic N) is 1. The Morgan fingerprint density at radius 2 is 2.12 bits per heavy atom. The molecule has 0 unspecified atom stereocenters. The summed E-state index contributed by atoms with van der Waals surface area (Å²) in [6.45, 7) is 1.88. The molecule has 3 aliphatic carbocycles. The first-order valence-electron chi connectivity index (χ1n) is 10.0. The second-order valence-electron chi connectivity index (χ2n) is 9.01. The zero-order valence-electron chi connectivity index (χ0n) is 14.9. The zero-order valence-corrected chi connectivity index (χ0v) is 14.9.